The van der Waals surface area contributed by atoms with Crippen LogP contribution in [0.25, 0.3) is 0 Å². The molecule has 1 aliphatic heterocycles. The van der Waals surface area contributed by atoms with Gasteiger partial charge in [0.1, 0.15) is 18.5 Å². The van der Waals surface area contributed by atoms with Gasteiger partial charge in [0.25, 0.3) is 0 Å². The molecule has 16 heavy (non-hydrogen) atoms. The van der Waals surface area contributed by atoms with E-state index >= 15 is 0 Å². The molecule has 1 fully saturated rings. The second-order valence-electron chi connectivity index (χ2n) is 3.98. The van der Waals surface area contributed by atoms with Gasteiger partial charge in [-0.2, -0.15) is 0 Å². The maximum Gasteiger partial charge on any atom is 0.434 e. The second kappa shape index (κ2) is 4.18. The zero-order valence-corrected chi connectivity index (χ0v) is 8.98. The molecule has 1 saturated heterocycles. The Balaban J connectivity index is 2.02. The van der Waals surface area contributed by atoms with E-state index in [-0.39, 0.29) is 18.5 Å². The summed E-state index contributed by atoms with van der Waals surface area (Å²) in [5, 5.41) is 20.5. The van der Waals surface area contributed by atoms with Crippen molar-refractivity contribution in [3.05, 3.63) is 22.5 Å². The zero-order valence-electron chi connectivity index (χ0n) is 8.98. The van der Waals surface area contributed by atoms with Gasteiger partial charge < -0.3 is 15.2 Å². The Morgan fingerprint density at radius 1 is 1.69 bits per heavy atom. The minimum atomic E-state index is -0.615. The highest BCUT2D eigenvalue weighted by Gasteiger charge is 2.31. The summed E-state index contributed by atoms with van der Waals surface area (Å²) in [4.78, 5) is 15.8. The minimum absolute atomic E-state index is 0.0296. The van der Waals surface area contributed by atoms with E-state index in [0.717, 1.165) is 13.1 Å². The average Bonchev–Trinajstić information content (AvgIpc) is 2.97. The number of aliphatic hydroxyl groups excluding tert-OH is 1. The molecule has 88 valence electrons. The van der Waals surface area contributed by atoms with Crippen molar-refractivity contribution < 1.29 is 10.0 Å². The van der Waals surface area contributed by atoms with Crippen molar-refractivity contribution >= 4 is 5.95 Å². The molecule has 0 aromatic carbocycles. The molecule has 0 spiro atoms. The maximum absolute atomic E-state index is 10.6. The van der Waals surface area contributed by atoms with E-state index in [4.69, 9.17) is 0 Å². The van der Waals surface area contributed by atoms with Crippen LogP contribution in [0, 0.1) is 10.1 Å². The van der Waals surface area contributed by atoms with Gasteiger partial charge in [0.05, 0.1) is 6.54 Å². The third kappa shape index (κ3) is 2.20. The van der Waals surface area contributed by atoms with Crippen LogP contribution in [-0.4, -0.2) is 49.7 Å². The van der Waals surface area contributed by atoms with Gasteiger partial charge in [0, 0.05) is 19.1 Å². The third-order valence-electron chi connectivity index (χ3n) is 2.86. The first-order valence-electron chi connectivity index (χ1n) is 5.17. The highest BCUT2D eigenvalue weighted by molar-refractivity contribution is 5.07. The molecular weight excluding hydrogens is 212 g/mol. The number of aliphatic hydroxyl groups is 1. The van der Waals surface area contributed by atoms with E-state index in [2.05, 4.69) is 9.88 Å². The molecule has 1 aromatic heterocycles. The van der Waals surface area contributed by atoms with Crippen LogP contribution in [0.15, 0.2) is 12.4 Å². The largest absolute Gasteiger partial charge is 0.434 e. The summed E-state index contributed by atoms with van der Waals surface area (Å²) in [5.74, 6) is -0.225. The van der Waals surface area contributed by atoms with Crippen molar-refractivity contribution in [1.29, 1.82) is 0 Å². The number of hydrogen-bond acceptors (Lipinski definition) is 5. The van der Waals surface area contributed by atoms with Crippen molar-refractivity contribution in [3.8, 4) is 0 Å². The number of aromatic nitrogens is 2. The van der Waals surface area contributed by atoms with Gasteiger partial charge in [-0.05, 0) is 11.8 Å². The molecular formula is C9H14N4O3. The summed E-state index contributed by atoms with van der Waals surface area (Å²) in [6.07, 6.45) is 2.26. The monoisotopic (exact) mass is 226 g/mol. The second-order valence-corrected chi connectivity index (χ2v) is 3.98. The Kier molecular flexibility index (Phi) is 2.88. The number of hydrogen-bond donors (Lipinski definition) is 1. The lowest BCUT2D eigenvalue weighted by Gasteiger charge is -2.18. The summed E-state index contributed by atoms with van der Waals surface area (Å²) < 4.78 is 1.37. The van der Waals surface area contributed by atoms with E-state index < -0.39 is 11.0 Å². The van der Waals surface area contributed by atoms with Crippen molar-refractivity contribution in [2.75, 3.05) is 13.1 Å². The quantitative estimate of drug-likeness (QED) is 0.429. The van der Waals surface area contributed by atoms with Crippen molar-refractivity contribution in [2.24, 2.45) is 0 Å². The molecule has 0 amide bonds. The Bertz CT molecular complexity index is 388. The number of imidazole rings is 1. The molecule has 0 radical (unpaired) electrons. The standard InChI is InChI=1S/C9H14N4O3/c1-7(11-4-5-11)8(14)6-12-3-2-10-9(12)13(15)16/h2-3,7-8,14H,4-6H2,1H3/t7-,8+/m0/s1. The van der Waals surface area contributed by atoms with Crippen LogP contribution in [0.5, 0.6) is 0 Å². The summed E-state index contributed by atoms with van der Waals surface area (Å²) >= 11 is 0. The zero-order chi connectivity index (χ0) is 11.7. The lowest BCUT2D eigenvalue weighted by Crippen LogP contribution is -2.34. The maximum atomic E-state index is 10.6. The SMILES string of the molecule is C[C@@H]([C@H](O)Cn1ccnc1[N+](=O)[O-])N1CC1. The van der Waals surface area contributed by atoms with Gasteiger partial charge in [-0.3, -0.25) is 4.90 Å². The summed E-state index contributed by atoms with van der Waals surface area (Å²) in [7, 11) is 0. The van der Waals surface area contributed by atoms with Crippen LogP contribution in [0.4, 0.5) is 5.95 Å². The van der Waals surface area contributed by atoms with Crippen LogP contribution in [-0.2, 0) is 6.54 Å². The molecule has 2 atom stereocenters. The molecule has 2 rings (SSSR count). The fraction of sp³-hybridized carbons (Fsp3) is 0.667. The predicted octanol–water partition coefficient (Wildman–Crippen LogP) is -0.144. The van der Waals surface area contributed by atoms with Gasteiger partial charge in [-0.15, -0.1) is 0 Å². The van der Waals surface area contributed by atoms with Crippen LogP contribution in [0.1, 0.15) is 6.92 Å². The first kappa shape index (κ1) is 11.0. The number of rotatable bonds is 5. The Morgan fingerprint density at radius 3 is 2.94 bits per heavy atom. The number of nitro groups is 1. The van der Waals surface area contributed by atoms with Crippen molar-refractivity contribution in [3.63, 3.8) is 0 Å². The number of nitrogens with zero attached hydrogens (tertiary/aromatic N) is 4. The fourth-order valence-electron chi connectivity index (χ4n) is 1.68. The van der Waals surface area contributed by atoms with E-state index in [1.54, 1.807) is 0 Å². The molecule has 0 saturated carbocycles. The molecule has 1 aromatic rings. The minimum Gasteiger partial charge on any atom is -0.390 e. The first-order valence-corrected chi connectivity index (χ1v) is 5.17. The average molecular weight is 226 g/mol. The van der Waals surface area contributed by atoms with E-state index in [9.17, 15) is 15.2 Å². The van der Waals surface area contributed by atoms with Gasteiger partial charge in [0.2, 0.25) is 0 Å². The summed E-state index contributed by atoms with van der Waals surface area (Å²) in [6, 6.07) is 0.0296. The van der Waals surface area contributed by atoms with Gasteiger partial charge >= 0.3 is 5.95 Å². The van der Waals surface area contributed by atoms with Crippen LogP contribution < -0.4 is 0 Å². The van der Waals surface area contributed by atoms with Crippen LogP contribution in [0.3, 0.4) is 0 Å². The molecule has 7 heteroatoms. The normalized spacial score (nSPS) is 19.4. The van der Waals surface area contributed by atoms with Gasteiger partial charge in [0.15, 0.2) is 0 Å². The van der Waals surface area contributed by atoms with Crippen molar-refractivity contribution in [1.82, 2.24) is 14.5 Å². The van der Waals surface area contributed by atoms with Crippen LogP contribution >= 0.6 is 0 Å². The molecule has 7 nitrogen and oxygen atoms in total. The van der Waals surface area contributed by atoms with Crippen LogP contribution in [0.2, 0.25) is 0 Å². The first-order chi connectivity index (χ1) is 7.59. The topological polar surface area (TPSA) is 84.2 Å². The highest BCUT2D eigenvalue weighted by Crippen LogP contribution is 2.16. The molecule has 1 aliphatic rings. The third-order valence-corrected chi connectivity index (χ3v) is 2.86. The van der Waals surface area contributed by atoms with Gasteiger partial charge in [-0.25, -0.2) is 4.57 Å². The molecule has 0 bridgehead atoms. The summed E-state index contributed by atoms with van der Waals surface area (Å²) in [5.41, 5.74) is 0. The summed E-state index contributed by atoms with van der Waals surface area (Å²) in [6.45, 7) is 4.10. The lowest BCUT2D eigenvalue weighted by molar-refractivity contribution is -0.397. The molecule has 0 unspecified atom stereocenters. The Labute approximate surface area is 92.5 Å². The Morgan fingerprint density at radius 2 is 2.38 bits per heavy atom. The highest BCUT2D eigenvalue weighted by atomic mass is 16.6. The Hall–Kier alpha value is -1.47. The molecule has 0 aliphatic carbocycles. The fourth-order valence-corrected chi connectivity index (χ4v) is 1.68. The van der Waals surface area contributed by atoms with Gasteiger partial charge in [-0.1, -0.05) is 4.98 Å². The smallest absolute Gasteiger partial charge is 0.390 e. The molecule has 2 heterocycles. The predicted molar refractivity (Wildman–Crippen MR) is 55.9 cm³/mol. The van der Waals surface area contributed by atoms with Crippen molar-refractivity contribution in [2.45, 2.75) is 25.6 Å². The van der Waals surface area contributed by atoms with E-state index in [1.165, 1.54) is 17.0 Å². The van der Waals surface area contributed by atoms with E-state index in [0.29, 0.717) is 0 Å². The lowest BCUT2D eigenvalue weighted by atomic mass is 10.2. The van der Waals surface area contributed by atoms with E-state index in [1.807, 2.05) is 6.92 Å². The molecule has 1 N–H and O–H groups in total.